The van der Waals surface area contributed by atoms with E-state index < -0.39 is 0 Å². The van der Waals surface area contributed by atoms with E-state index in [2.05, 4.69) is 12.6 Å². The third-order valence-corrected chi connectivity index (χ3v) is 3.53. The van der Waals surface area contributed by atoms with Gasteiger partial charge in [0.05, 0.1) is 6.04 Å². The number of amides is 1. The first-order chi connectivity index (χ1) is 8.56. The molecule has 0 bridgehead atoms. The molecular formula is C14H19NO2S. The molecule has 2 unspecified atom stereocenters. The standard InChI is InChI=1S/C14H19NO2S/c1-10-3-5-12(6-4-10)17-9-11(2)15-8-13(18)7-14(15)16/h3-6,11,13,18H,7-9H2,1-2H3. The third kappa shape index (κ3) is 3.19. The molecule has 1 aromatic carbocycles. The zero-order valence-electron chi connectivity index (χ0n) is 10.8. The van der Waals surface area contributed by atoms with E-state index in [4.69, 9.17) is 4.74 Å². The Morgan fingerprint density at radius 1 is 1.44 bits per heavy atom. The molecular weight excluding hydrogens is 246 g/mol. The second-order valence-corrected chi connectivity index (χ2v) is 5.61. The first-order valence-corrected chi connectivity index (χ1v) is 6.75. The number of rotatable bonds is 4. The van der Waals surface area contributed by atoms with Gasteiger partial charge < -0.3 is 9.64 Å². The van der Waals surface area contributed by atoms with Crippen molar-refractivity contribution in [2.75, 3.05) is 13.2 Å². The molecule has 0 aromatic heterocycles. The fraction of sp³-hybridized carbons (Fsp3) is 0.500. The van der Waals surface area contributed by atoms with Gasteiger partial charge in [-0.25, -0.2) is 0 Å². The van der Waals surface area contributed by atoms with Gasteiger partial charge in [-0.3, -0.25) is 4.79 Å². The van der Waals surface area contributed by atoms with Crippen LogP contribution in [0.5, 0.6) is 5.75 Å². The van der Waals surface area contributed by atoms with Gasteiger partial charge in [0.1, 0.15) is 12.4 Å². The Morgan fingerprint density at radius 2 is 2.11 bits per heavy atom. The number of likely N-dealkylation sites (tertiary alicyclic amines) is 1. The van der Waals surface area contributed by atoms with Gasteiger partial charge >= 0.3 is 0 Å². The molecule has 2 atom stereocenters. The Hall–Kier alpha value is -1.16. The van der Waals surface area contributed by atoms with Crippen LogP contribution in [0.2, 0.25) is 0 Å². The highest BCUT2D eigenvalue weighted by atomic mass is 32.1. The molecule has 4 heteroatoms. The van der Waals surface area contributed by atoms with Crippen LogP contribution in [0.25, 0.3) is 0 Å². The van der Waals surface area contributed by atoms with E-state index in [-0.39, 0.29) is 17.2 Å². The van der Waals surface area contributed by atoms with Crippen molar-refractivity contribution in [1.29, 1.82) is 0 Å². The average Bonchev–Trinajstić information content (AvgIpc) is 2.67. The second-order valence-electron chi connectivity index (χ2n) is 4.88. The normalized spacial score (nSPS) is 21.2. The minimum absolute atomic E-state index is 0.0935. The monoisotopic (exact) mass is 265 g/mol. The van der Waals surface area contributed by atoms with Crippen molar-refractivity contribution in [3.05, 3.63) is 29.8 Å². The highest BCUT2D eigenvalue weighted by Crippen LogP contribution is 2.19. The third-order valence-electron chi connectivity index (χ3n) is 3.18. The Kier molecular flexibility index (Phi) is 4.17. The maximum absolute atomic E-state index is 11.7. The van der Waals surface area contributed by atoms with Crippen molar-refractivity contribution >= 4 is 18.5 Å². The number of hydrogen-bond donors (Lipinski definition) is 1. The topological polar surface area (TPSA) is 29.5 Å². The van der Waals surface area contributed by atoms with Crippen LogP contribution in [0.1, 0.15) is 18.9 Å². The summed E-state index contributed by atoms with van der Waals surface area (Å²) >= 11 is 4.35. The zero-order valence-corrected chi connectivity index (χ0v) is 11.7. The van der Waals surface area contributed by atoms with Crippen molar-refractivity contribution in [3.63, 3.8) is 0 Å². The van der Waals surface area contributed by atoms with Crippen LogP contribution in [-0.2, 0) is 4.79 Å². The van der Waals surface area contributed by atoms with Gasteiger partial charge in [0.15, 0.2) is 0 Å². The van der Waals surface area contributed by atoms with Crippen molar-refractivity contribution in [1.82, 2.24) is 4.90 Å². The Morgan fingerprint density at radius 3 is 2.67 bits per heavy atom. The van der Waals surface area contributed by atoms with Crippen LogP contribution in [-0.4, -0.2) is 35.3 Å². The summed E-state index contributed by atoms with van der Waals surface area (Å²) in [6.45, 7) is 5.30. The first-order valence-electron chi connectivity index (χ1n) is 6.23. The number of thiol groups is 1. The van der Waals surface area contributed by atoms with Gasteiger partial charge in [0.2, 0.25) is 5.91 Å². The molecule has 3 nitrogen and oxygen atoms in total. The number of nitrogens with zero attached hydrogens (tertiary/aromatic N) is 1. The van der Waals surface area contributed by atoms with Crippen LogP contribution >= 0.6 is 12.6 Å². The lowest BCUT2D eigenvalue weighted by Gasteiger charge is -2.24. The molecule has 0 N–H and O–H groups in total. The zero-order chi connectivity index (χ0) is 13.1. The van der Waals surface area contributed by atoms with Crippen LogP contribution in [0.3, 0.4) is 0 Å². The minimum atomic E-state index is 0.0935. The van der Waals surface area contributed by atoms with E-state index >= 15 is 0 Å². The fourth-order valence-electron chi connectivity index (χ4n) is 2.08. The average molecular weight is 265 g/mol. The van der Waals surface area contributed by atoms with Crippen LogP contribution in [0, 0.1) is 6.92 Å². The number of carbonyl (C=O) groups is 1. The maximum Gasteiger partial charge on any atom is 0.224 e. The highest BCUT2D eigenvalue weighted by Gasteiger charge is 2.30. The van der Waals surface area contributed by atoms with Gasteiger partial charge in [0, 0.05) is 18.2 Å². The SMILES string of the molecule is Cc1ccc(OCC(C)N2CC(S)CC2=O)cc1. The van der Waals surface area contributed by atoms with Gasteiger partial charge in [0.25, 0.3) is 0 Å². The van der Waals surface area contributed by atoms with E-state index in [1.165, 1.54) is 5.56 Å². The van der Waals surface area contributed by atoms with Gasteiger partial charge in [-0.1, -0.05) is 17.7 Å². The predicted molar refractivity (Wildman–Crippen MR) is 75.2 cm³/mol. The molecule has 0 aliphatic carbocycles. The Bertz CT molecular complexity index is 418. The first kappa shape index (κ1) is 13.3. The van der Waals surface area contributed by atoms with Gasteiger partial charge in [-0.15, -0.1) is 0 Å². The van der Waals surface area contributed by atoms with Crippen LogP contribution in [0.15, 0.2) is 24.3 Å². The molecule has 1 aliphatic rings. The molecule has 1 heterocycles. The molecule has 98 valence electrons. The molecule has 1 saturated heterocycles. The van der Waals surface area contributed by atoms with Crippen LogP contribution in [0.4, 0.5) is 0 Å². The predicted octanol–water partition coefficient (Wildman–Crippen LogP) is 2.29. The van der Waals surface area contributed by atoms with E-state index in [1.54, 1.807) is 0 Å². The molecule has 0 spiro atoms. The molecule has 2 rings (SSSR count). The number of benzene rings is 1. The molecule has 1 amide bonds. The highest BCUT2D eigenvalue weighted by molar-refractivity contribution is 7.81. The van der Waals surface area contributed by atoms with Crippen LogP contribution < -0.4 is 4.74 Å². The van der Waals surface area contributed by atoms with Gasteiger partial charge in [-0.2, -0.15) is 12.6 Å². The van der Waals surface area contributed by atoms with Crippen molar-refractivity contribution in [2.45, 2.75) is 31.6 Å². The van der Waals surface area contributed by atoms with E-state index in [9.17, 15) is 4.79 Å². The fourth-order valence-corrected chi connectivity index (χ4v) is 2.41. The number of ether oxygens (including phenoxy) is 1. The number of hydrogen-bond acceptors (Lipinski definition) is 3. The summed E-state index contributed by atoms with van der Waals surface area (Å²) in [5.41, 5.74) is 1.21. The lowest BCUT2D eigenvalue weighted by atomic mass is 10.2. The molecule has 1 aliphatic heterocycles. The quantitative estimate of drug-likeness (QED) is 0.847. The van der Waals surface area contributed by atoms with E-state index in [0.717, 1.165) is 12.3 Å². The van der Waals surface area contributed by atoms with Crippen molar-refractivity contribution in [3.8, 4) is 5.75 Å². The van der Waals surface area contributed by atoms with E-state index in [0.29, 0.717) is 13.0 Å². The largest absolute Gasteiger partial charge is 0.491 e. The summed E-state index contributed by atoms with van der Waals surface area (Å²) in [5, 5.41) is 0.166. The molecule has 0 radical (unpaired) electrons. The van der Waals surface area contributed by atoms with Crippen molar-refractivity contribution < 1.29 is 9.53 Å². The smallest absolute Gasteiger partial charge is 0.224 e. The molecule has 18 heavy (non-hydrogen) atoms. The number of aryl methyl sites for hydroxylation is 1. The second kappa shape index (κ2) is 5.65. The Balaban J connectivity index is 1.86. The summed E-state index contributed by atoms with van der Waals surface area (Å²) in [4.78, 5) is 13.6. The maximum atomic E-state index is 11.7. The lowest BCUT2D eigenvalue weighted by molar-refractivity contribution is -0.129. The summed E-state index contributed by atoms with van der Waals surface area (Å²) in [6.07, 6.45) is 0.540. The van der Waals surface area contributed by atoms with Gasteiger partial charge in [-0.05, 0) is 26.0 Å². The Labute approximate surface area is 114 Å². The lowest BCUT2D eigenvalue weighted by Crippen LogP contribution is -2.38. The molecule has 0 saturated carbocycles. The summed E-state index contributed by atoms with van der Waals surface area (Å²) in [5.74, 6) is 1.02. The molecule has 1 fully saturated rings. The summed E-state index contributed by atoms with van der Waals surface area (Å²) in [6, 6.07) is 8.04. The summed E-state index contributed by atoms with van der Waals surface area (Å²) < 4.78 is 5.70. The number of carbonyl (C=O) groups excluding carboxylic acids is 1. The summed E-state index contributed by atoms with van der Waals surface area (Å²) in [7, 11) is 0. The van der Waals surface area contributed by atoms with E-state index in [1.807, 2.05) is 43.0 Å². The molecule has 1 aromatic rings. The van der Waals surface area contributed by atoms with Crippen molar-refractivity contribution in [2.24, 2.45) is 0 Å². The minimum Gasteiger partial charge on any atom is -0.491 e.